The molecule has 0 amide bonds. The summed E-state index contributed by atoms with van der Waals surface area (Å²) in [6.07, 6.45) is 2.26. The fourth-order valence-electron chi connectivity index (χ4n) is 1.54. The molecule has 96 valence electrons. The van der Waals surface area contributed by atoms with Crippen molar-refractivity contribution in [2.24, 2.45) is 5.73 Å². The minimum atomic E-state index is -0.306. The van der Waals surface area contributed by atoms with Gasteiger partial charge in [0.15, 0.2) is 0 Å². The molecular weight excluding hydrogens is 222 g/mol. The summed E-state index contributed by atoms with van der Waals surface area (Å²) in [7, 11) is 0. The first-order valence-corrected chi connectivity index (χ1v) is 5.78. The molecular formula is C11H19N3O3. The fourth-order valence-corrected chi connectivity index (χ4v) is 1.54. The van der Waals surface area contributed by atoms with E-state index in [1.165, 1.54) is 16.8 Å². The van der Waals surface area contributed by atoms with E-state index in [2.05, 4.69) is 0 Å². The first kappa shape index (κ1) is 13.7. The van der Waals surface area contributed by atoms with Crippen molar-refractivity contribution in [1.29, 1.82) is 0 Å². The summed E-state index contributed by atoms with van der Waals surface area (Å²) in [6.45, 7) is 4.28. The molecule has 1 aromatic rings. The molecule has 2 N–H and O–H groups in total. The lowest BCUT2D eigenvalue weighted by Crippen LogP contribution is -2.40. The molecule has 17 heavy (non-hydrogen) atoms. The molecule has 0 saturated heterocycles. The Morgan fingerprint density at radius 1 is 1.35 bits per heavy atom. The smallest absolute Gasteiger partial charge is 0.331 e. The molecule has 1 aromatic heterocycles. The minimum Gasteiger partial charge on any atom is -0.382 e. The molecule has 0 aliphatic carbocycles. The molecule has 0 aliphatic rings. The third-order valence-electron chi connectivity index (χ3n) is 2.38. The summed E-state index contributed by atoms with van der Waals surface area (Å²) in [4.78, 5) is 23.3. The number of hydrogen-bond acceptors (Lipinski definition) is 4. The van der Waals surface area contributed by atoms with Gasteiger partial charge in [0.25, 0.3) is 5.56 Å². The SMILES string of the molecule is CCOCCCn1ccc(=O)n(CCN)c1=O. The van der Waals surface area contributed by atoms with Crippen LogP contribution in [0.4, 0.5) is 0 Å². The summed E-state index contributed by atoms with van der Waals surface area (Å²) in [5.74, 6) is 0. The van der Waals surface area contributed by atoms with Gasteiger partial charge < -0.3 is 15.0 Å². The second kappa shape index (κ2) is 7.03. The van der Waals surface area contributed by atoms with Gasteiger partial charge in [0.05, 0.1) is 0 Å². The highest BCUT2D eigenvalue weighted by molar-refractivity contribution is 4.86. The van der Waals surface area contributed by atoms with Crippen molar-refractivity contribution in [2.75, 3.05) is 19.8 Å². The highest BCUT2D eigenvalue weighted by atomic mass is 16.5. The molecule has 0 unspecified atom stereocenters. The summed E-state index contributed by atoms with van der Waals surface area (Å²) < 4.78 is 7.86. The van der Waals surface area contributed by atoms with Crippen molar-refractivity contribution < 1.29 is 4.74 Å². The Labute approximate surface area is 99.6 Å². The van der Waals surface area contributed by atoms with Crippen LogP contribution >= 0.6 is 0 Å². The zero-order valence-corrected chi connectivity index (χ0v) is 10.1. The van der Waals surface area contributed by atoms with E-state index in [9.17, 15) is 9.59 Å². The topological polar surface area (TPSA) is 79.2 Å². The average molecular weight is 241 g/mol. The van der Waals surface area contributed by atoms with E-state index in [4.69, 9.17) is 10.5 Å². The molecule has 6 heteroatoms. The molecule has 0 atom stereocenters. The number of nitrogens with zero attached hydrogens (tertiary/aromatic N) is 2. The van der Waals surface area contributed by atoms with Crippen molar-refractivity contribution in [2.45, 2.75) is 26.4 Å². The molecule has 0 spiro atoms. The Morgan fingerprint density at radius 3 is 2.76 bits per heavy atom. The standard InChI is InChI=1S/C11H19N3O3/c1-2-17-9-3-6-13-7-4-10(15)14(8-5-12)11(13)16/h4,7H,2-3,5-6,8-9,12H2,1H3. The van der Waals surface area contributed by atoms with Crippen LogP contribution in [0.1, 0.15) is 13.3 Å². The quantitative estimate of drug-likeness (QED) is 0.646. The lowest BCUT2D eigenvalue weighted by atomic mass is 10.4. The van der Waals surface area contributed by atoms with Crippen LogP contribution in [0.2, 0.25) is 0 Å². The average Bonchev–Trinajstić information content (AvgIpc) is 2.32. The molecule has 0 saturated carbocycles. The van der Waals surface area contributed by atoms with Gasteiger partial charge in [-0.25, -0.2) is 4.79 Å². The number of aryl methyl sites for hydroxylation is 1. The van der Waals surface area contributed by atoms with Crippen LogP contribution in [-0.2, 0) is 17.8 Å². The maximum absolute atomic E-state index is 11.9. The lowest BCUT2D eigenvalue weighted by Gasteiger charge is -2.08. The van der Waals surface area contributed by atoms with Gasteiger partial charge in [0.2, 0.25) is 0 Å². The van der Waals surface area contributed by atoms with E-state index in [-0.39, 0.29) is 24.3 Å². The van der Waals surface area contributed by atoms with Gasteiger partial charge in [-0.05, 0) is 13.3 Å². The molecule has 0 radical (unpaired) electrons. The van der Waals surface area contributed by atoms with Crippen molar-refractivity contribution in [3.63, 3.8) is 0 Å². The largest absolute Gasteiger partial charge is 0.382 e. The van der Waals surface area contributed by atoms with E-state index in [0.29, 0.717) is 19.8 Å². The van der Waals surface area contributed by atoms with Crippen LogP contribution in [0, 0.1) is 0 Å². The monoisotopic (exact) mass is 241 g/mol. The minimum absolute atomic E-state index is 0.254. The van der Waals surface area contributed by atoms with Gasteiger partial charge in [-0.2, -0.15) is 0 Å². The van der Waals surface area contributed by atoms with Gasteiger partial charge in [-0.15, -0.1) is 0 Å². The van der Waals surface area contributed by atoms with Crippen molar-refractivity contribution >= 4 is 0 Å². The van der Waals surface area contributed by atoms with Crippen LogP contribution in [0.3, 0.4) is 0 Å². The van der Waals surface area contributed by atoms with Crippen molar-refractivity contribution in [3.8, 4) is 0 Å². The normalized spacial score (nSPS) is 10.7. The zero-order valence-electron chi connectivity index (χ0n) is 10.1. The summed E-state index contributed by atoms with van der Waals surface area (Å²) in [6, 6.07) is 1.39. The van der Waals surface area contributed by atoms with Gasteiger partial charge in [0.1, 0.15) is 0 Å². The molecule has 0 aromatic carbocycles. The van der Waals surface area contributed by atoms with Crippen LogP contribution < -0.4 is 17.0 Å². The third kappa shape index (κ3) is 3.83. The van der Waals surface area contributed by atoms with Crippen molar-refractivity contribution in [3.05, 3.63) is 33.1 Å². The van der Waals surface area contributed by atoms with Gasteiger partial charge in [-0.1, -0.05) is 0 Å². The first-order chi connectivity index (χ1) is 8.20. The number of aromatic nitrogens is 2. The van der Waals surface area contributed by atoms with Crippen LogP contribution in [0.15, 0.2) is 21.9 Å². The van der Waals surface area contributed by atoms with E-state index in [1.807, 2.05) is 6.92 Å². The Hall–Kier alpha value is -1.40. The highest BCUT2D eigenvalue weighted by Crippen LogP contribution is 1.87. The van der Waals surface area contributed by atoms with Crippen LogP contribution in [0.25, 0.3) is 0 Å². The van der Waals surface area contributed by atoms with Gasteiger partial charge in [-0.3, -0.25) is 9.36 Å². The summed E-state index contributed by atoms with van der Waals surface area (Å²) >= 11 is 0. The Balaban J connectivity index is 2.76. The number of ether oxygens (including phenoxy) is 1. The van der Waals surface area contributed by atoms with E-state index in [0.717, 1.165) is 11.0 Å². The lowest BCUT2D eigenvalue weighted by molar-refractivity contribution is 0.141. The zero-order chi connectivity index (χ0) is 12.7. The molecule has 6 nitrogen and oxygen atoms in total. The summed E-state index contributed by atoms with van der Waals surface area (Å²) in [5, 5.41) is 0. The third-order valence-corrected chi connectivity index (χ3v) is 2.38. The maximum Gasteiger partial charge on any atom is 0.331 e. The Bertz CT molecular complexity index is 450. The van der Waals surface area contributed by atoms with E-state index in [1.54, 1.807) is 0 Å². The van der Waals surface area contributed by atoms with Crippen LogP contribution in [0.5, 0.6) is 0 Å². The maximum atomic E-state index is 11.9. The van der Waals surface area contributed by atoms with E-state index < -0.39 is 0 Å². The molecule has 0 fully saturated rings. The predicted octanol–water partition coefficient (Wildman–Crippen LogP) is -0.605. The molecule has 0 aliphatic heterocycles. The highest BCUT2D eigenvalue weighted by Gasteiger charge is 2.03. The number of nitrogens with two attached hydrogens (primary N) is 1. The van der Waals surface area contributed by atoms with Gasteiger partial charge in [0, 0.05) is 45.1 Å². The Kier molecular flexibility index (Phi) is 5.65. The molecule has 0 bridgehead atoms. The van der Waals surface area contributed by atoms with E-state index >= 15 is 0 Å². The number of rotatable bonds is 7. The van der Waals surface area contributed by atoms with Crippen LogP contribution in [-0.4, -0.2) is 28.9 Å². The van der Waals surface area contributed by atoms with Crippen molar-refractivity contribution in [1.82, 2.24) is 9.13 Å². The fraction of sp³-hybridized carbons (Fsp3) is 0.636. The second-order valence-electron chi connectivity index (χ2n) is 3.62. The molecule has 1 rings (SSSR count). The first-order valence-electron chi connectivity index (χ1n) is 5.78. The Morgan fingerprint density at radius 2 is 2.12 bits per heavy atom. The molecule has 1 heterocycles. The summed E-state index contributed by atoms with van der Waals surface area (Å²) in [5.41, 5.74) is 4.75. The second-order valence-corrected chi connectivity index (χ2v) is 3.62. The van der Waals surface area contributed by atoms with Gasteiger partial charge >= 0.3 is 5.69 Å². The predicted molar refractivity (Wildman–Crippen MR) is 65.1 cm³/mol. The number of hydrogen-bond donors (Lipinski definition) is 1.